The lowest BCUT2D eigenvalue weighted by molar-refractivity contribution is 0.110. The van der Waals surface area contributed by atoms with E-state index in [1.54, 1.807) is 0 Å². The lowest BCUT2D eigenvalue weighted by Crippen LogP contribution is -2.42. The molecule has 1 saturated heterocycles. The quantitative estimate of drug-likeness (QED) is 0.641. The van der Waals surface area contributed by atoms with Crippen LogP contribution < -0.4 is 9.64 Å². The van der Waals surface area contributed by atoms with Crippen LogP contribution in [-0.4, -0.2) is 45.2 Å². The third-order valence-corrected chi connectivity index (χ3v) is 5.91. The summed E-state index contributed by atoms with van der Waals surface area (Å²) in [5, 5.41) is 9.13. The number of ether oxygens (including phenoxy) is 1. The Morgan fingerprint density at radius 3 is 2.66 bits per heavy atom. The summed E-state index contributed by atoms with van der Waals surface area (Å²) in [4.78, 5) is 4.73. The molecule has 1 heterocycles. The van der Waals surface area contributed by atoms with Gasteiger partial charge < -0.3 is 14.5 Å². The zero-order valence-corrected chi connectivity index (χ0v) is 18.0. The van der Waals surface area contributed by atoms with Crippen LogP contribution in [0, 0.1) is 17.2 Å². The minimum absolute atomic E-state index is 0.441. The van der Waals surface area contributed by atoms with Gasteiger partial charge in [-0.3, -0.25) is 0 Å². The van der Waals surface area contributed by atoms with Crippen LogP contribution in [0.3, 0.4) is 0 Å². The fourth-order valence-electron chi connectivity index (χ4n) is 4.18. The lowest BCUT2D eigenvalue weighted by Gasteiger charge is -2.39. The summed E-state index contributed by atoms with van der Waals surface area (Å²) in [5.74, 6) is 1.73. The maximum Gasteiger partial charge on any atom is 0.120 e. The molecule has 0 unspecified atom stereocenters. The molecule has 0 spiro atoms. The fourth-order valence-corrected chi connectivity index (χ4v) is 4.18. The average Bonchev–Trinajstić information content (AvgIpc) is 2.76. The normalized spacial score (nSPS) is 19.5. The number of benzene rings is 2. The maximum absolute atomic E-state index is 9.13. The minimum atomic E-state index is 0.441. The Morgan fingerprint density at radius 1 is 1.17 bits per heavy atom. The fraction of sp³-hybridized carbons (Fsp3) is 0.480. The van der Waals surface area contributed by atoms with Gasteiger partial charge in [0.25, 0.3) is 0 Å². The molecule has 1 aliphatic rings. The van der Waals surface area contributed by atoms with Crippen LogP contribution in [0.5, 0.6) is 5.75 Å². The van der Waals surface area contributed by atoms with Crippen molar-refractivity contribution in [1.29, 1.82) is 5.26 Å². The van der Waals surface area contributed by atoms with Crippen LogP contribution in [0.2, 0.25) is 0 Å². The molecule has 0 aliphatic carbocycles. The Balaban J connectivity index is 1.73. The van der Waals surface area contributed by atoms with E-state index in [-0.39, 0.29) is 0 Å². The molecule has 0 radical (unpaired) electrons. The summed E-state index contributed by atoms with van der Waals surface area (Å²) in [6.45, 7) is 6.32. The predicted octanol–water partition coefficient (Wildman–Crippen LogP) is 4.91. The van der Waals surface area contributed by atoms with Gasteiger partial charge in [0.1, 0.15) is 5.75 Å². The van der Waals surface area contributed by atoms with Gasteiger partial charge in [0.15, 0.2) is 0 Å². The second-order valence-corrected chi connectivity index (χ2v) is 8.25. The summed E-state index contributed by atoms with van der Waals surface area (Å²) in [5.41, 5.74) is 3.28. The first-order chi connectivity index (χ1) is 14.1. The second-order valence-electron chi connectivity index (χ2n) is 8.25. The topological polar surface area (TPSA) is 39.5 Å². The number of rotatable bonds is 8. The molecular weight excluding hydrogens is 358 g/mol. The number of piperidine rings is 1. The minimum Gasteiger partial charge on any atom is -0.493 e. The van der Waals surface area contributed by atoms with Gasteiger partial charge in [0.05, 0.1) is 18.2 Å². The molecule has 1 aliphatic heterocycles. The number of hydrogen-bond acceptors (Lipinski definition) is 4. The van der Waals surface area contributed by atoms with Crippen molar-refractivity contribution >= 4 is 5.69 Å². The Labute approximate surface area is 175 Å². The zero-order valence-electron chi connectivity index (χ0n) is 18.0. The van der Waals surface area contributed by atoms with E-state index in [0.717, 1.165) is 25.3 Å². The molecule has 0 aromatic heterocycles. The van der Waals surface area contributed by atoms with Crippen molar-refractivity contribution in [3.05, 3.63) is 59.7 Å². The Bertz CT molecular complexity index is 810. The predicted molar refractivity (Wildman–Crippen MR) is 120 cm³/mol. The number of unbranched alkanes of at least 4 members (excludes halogenated alkanes) is 1. The smallest absolute Gasteiger partial charge is 0.120 e. The second kappa shape index (κ2) is 10.3. The van der Waals surface area contributed by atoms with Gasteiger partial charge >= 0.3 is 0 Å². The van der Waals surface area contributed by atoms with Gasteiger partial charge in [-0.1, -0.05) is 31.5 Å². The van der Waals surface area contributed by atoms with E-state index >= 15 is 0 Å². The molecule has 0 bridgehead atoms. The molecule has 4 heteroatoms. The van der Waals surface area contributed by atoms with E-state index in [0.29, 0.717) is 24.0 Å². The zero-order chi connectivity index (χ0) is 20.6. The summed E-state index contributed by atoms with van der Waals surface area (Å²) < 4.78 is 6.17. The first-order valence-electron chi connectivity index (χ1n) is 10.7. The number of anilines is 1. The van der Waals surface area contributed by atoms with Crippen molar-refractivity contribution in [3.8, 4) is 11.8 Å². The highest BCUT2D eigenvalue weighted by molar-refractivity contribution is 5.46. The molecule has 154 valence electrons. The highest BCUT2D eigenvalue weighted by Crippen LogP contribution is 2.34. The van der Waals surface area contributed by atoms with Gasteiger partial charge in [-0.2, -0.15) is 5.26 Å². The number of nitrogens with zero attached hydrogens (tertiary/aromatic N) is 3. The summed E-state index contributed by atoms with van der Waals surface area (Å²) >= 11 is 0. The van der Waals surface area contributed by atoms with Gasteiger partial charge in [-0.25, -0.2) is 0 Å². The highest BCUT2D eigenvalue weighted by Gasteiger charge is 2.30. The van der Waals surface area contributed by atoms with Gasteiger partial charge in [-0.05, 0) is 67.7 Å². The maximum atomic E-state index is 9.13. The van der Waals surface area contributed by atoms with Crippen LogP contribution in [0.25, 0.3) is 0 Å². The molecule has 0 N–H and O–H groups in total. The highest BCUT2D eigenvalue weighted by atomic mass is 16.5. The molecular formula is C25H33N3O. The van der Waals surface area contributed by atoms with E-state index in [4.69, 9.17) is 10.00 Å². The van der Waals surface area contributed by atoms with Crippen LogP contribution in [0.15, 0.2) is 48.5 Å². The van der Waals surface area contributed by atoms with Crippen molar-refractivity contribution in [1.82, 2.24) is 4.90 Å². The average molecular weight is 392 g/mol. The van der Waals surface area contributed by atoms with Crippen LogP contribution in [-0.2, 0) is 0 Å². The standard InChI is InChI=1S/C25H33N3O/c1-4-5-14-28-15-13-25(21-9-11-23(12-10-21)27(2)3)22(18-28)19-29-24-8-6-7-20(16-24)17-26/h6-12,16,22,25H,4-5,13-15,18-19H2,1-3H3/t22-,25-/m1/s1. The van der Waals surface area contributed by atoms with Gasteiger partial charge in [-0.15, -0.1) is 0 Å². The van der Waals surface area contributed by atoms with Crippen molar-refractivity contribution < 1.29 is 4.74 Å². The molecule has 1 fully saturated rings. The van der Waals surface area contributed by atoms with Crippen LogP contribution in [0.1, 0.15) is 43.2 Å². The number of nitriles is 1. The van der Waals surface area contributed by atoms with E-state index in [9.17, 15) is 0 Å². The molecule has 29 heavy (non-hydrogen) atoms. The van der Waals surface area contributed by atoms with Crippen molar-refractivity contribution in [3.63, 3.8) is 0 Å². The largest absolute Gasteiger partial charge is 0.493 e. The van der Waals surface area contributed by atoms with Crippen molar-refractivity contribution in [2.24, 2.45) is 5.92 Å². The summed E-state index contributed by atoms with van der Waals surface area (Å²) in [6, 6.07) is 18.7. The molecule has 3 rings (SSSR count). The van der Waals surface area contributed by atoms with Gasteiger partial charge in [0.2, 0.25) is 0 Å². The first-order valence-corrected chi connectivity index (χ1v) is 10.7. The molecule has 0 amide bonds. The number of likely N-dealkylation sites (tertiary alicyclic amines) is 1. The van der Waals surface area contributed by atoms with Crippen LogP contribution in [0.4, 0.5) is 5.69 Å². The molecule has 4 nitrogen and oxygen atoms in total. The molecule has 2 aromatic rings. The summed E-state index contributed by atoms with van der Waals surface area (Å²) in [7, 11) is 4.15. The van der Waals surface area contributed by atoms with E-state index < -0.39 is 0 Å². The number of hydrogen-bond donors (Lipinski definition) is 0. The Kier molecular flexibility index (Phi) is 7.55. The molecule has 0 saturated carbocycles. The van der Waals surface area contributed by atoms with Crippen molar-refractivity contribution in [2.45, 2.75) is 32.1 Å². The molecule has 2 atom stereocenters. The Hall–Kier alpha value is -2.51. The lowest BCUT2D eigenvalue weighted by atomic mass is 9.80. The van der Waals surface area contributed by atoms with Crippen molar-refractivity contribution in [2.75, 3.05) is 45.2 Å². The summed E-state index contributed by atoms with van der Waals surface area (Å²) in [6.07, 6.45) is 3.64. The third kappa shape index (κ3) is 5.74. The SMILES string of the molecule is CCCCN1CC[C@H](c2ccc(N(C)C)cc2)[C@@H](COc2cccc(C#N)c2)C1. The monoisotopic (exact) mass is 391 g/mol. The van der Waals surface area contributed by atoms with E-state index in [1.807, 2.05) is 24.3 Å². The van der Waals surface area contributed by atoms with Gasteiger partial charge in [0, 0.05) is 32.2 Å². The van der Waals surface area contributed by atoms with E-state index in [1.165, 1.54) is 30.6 Å². The first kappa shape index (κ1) is 21.2. The third-order valence-electron chi connectivity index (χ3n) is 5.91. The molecule has 2 aromatic carbocycles. The van der Waals surface area contributed by atoms with Crippen LogP contribution >= 0.6 is 0 Å². The Morgan fingerprint density at radius 2 is 1.97 bits per heavy atom. The van der Waals surface area contributed by atoms with E-state index in [2.05, 4.69) is 61.2 Å².